The maximum atomic E-state index is 5.89. The Morgan fingerprint density at radius 1 is 1.10 bits per heavy atom. The van der Waals surface area contributed by atoms with E-state index in [1.54, 1.807) is 0 Å². The van der Waals surface area contributed by atoms with Crippen molar-refractivity contribution in [3.05, 3.63) is 34.9 Å². The van der Waals surface area contributed by atoms with Gasteiger partial charge >= 0.3 is 0 Å². The third-order valence-electron chi connectivity index (χ3n) is 3.73. The molecule has 0 spiro atoms. The van der Waals surface area contributed by atoms with Crippen LogP contribution in [-0.2, 0) is 6.42 Å². The maximum Gasteiger partial charge on any atom is 0.0488 e. The molecule has 1 fully saturated rings. The number of unbranched alkanes of at least 4 members (excludes halogenated alkanes) is 1. The quantitative estimate of drug-likeness (QED) is 0.592. The van der Waals surface area contributed by atoms with Crippen molar-refractivity contribution in [2.24, 2.45) is 5.10 Å². The molecule has 110 valence electrons. The van der Waals surface area contributed by atoms with E-state index in [0.717, 1.165) is 37.6 Å². The van der Waals surface area contributed by atoms with E-state index in [0.29, 0.717) is 0 Å². The Kier molecular flexibility index (Phi) is 6.34. The molecule has 1 aliphatic heterocycles. The lowest BCUT2D eigenvalue weighted by atomic mass is 10.1. The number of halogens is 1. The Hall–Kier alpha value is -1.06. The van der Waals surface area contributed by atoms with E-state index in [1.165, 1.54) is 24.9 Å². The van der Waals surface area contributed by atoms with Crippen LogP contribution < -0.4 is 0 Å². The molecule has 1 aromatic rings. The summed E-state index contributed by atoms with van der Waals surface area (Å²) in [6, 6.07) is 8.21. The minimum absolute atomic E-state index is 0.821. The smallest absolute Gasteiger partial charge is 0.0488 e. The van der Waals surface area contributed by atoms with E-state index in [-0.39, 0.29) is 0 Å². The van der Waals surface area contributed by atoms with E-state index in [2.05, 4.69) is 27.1 Å². The molecule has 20 heavy (non-hydrogen) atoms. The predicted octanol–water partition coefficient (Wildman–Crippen LogP) is 3.29. The van der Waals surface area contributed by atoms with Crippen molar-refractivity contribution in [3.8, 4) is 0 Å². The molecule has 4 heteroatoms. The van der Waals surface area contributed by atoms with Crippen molar-refractivity contribution >= 4 is 17.8 Å². The fourth-order valence-corrected chi connectivity index (χ4v) is 2.68. The first-order chi connectivity index (χ1) is 9.78. The predicted molar refractivity (Wildman–Crippen MR) is 86.6 cm³/mol. The van der Waals surface area contributed by atoms with Gasteiger partial charge in [-0.05, 0) is 50.4 Å². The van der Waals surface area contributed by atoms with Crippen molar-refractivity contribution < 1.29 is 0 Å². The first-order valence-corrected chi connectivity index (χ1v) is 7.86. The second-order valence-electron chi connectivity index (χ2n) is 5.25. The Morgan fingerprint density at radius 3 is 2.45 bits per heavy atom. The number of hydrazone groups is 1. The number of rotatable bonds is 6. The van der Waals surface area contributed by atoms with Gasteiger partial charge in [-0.2, -0.15) is 5.10 Å². The number of aryl methyl sites for hydroxylation is 1. The summed E-state index contributed by atoms with van der Waals surface area (Å²) in [5, 5.41) is 7.31. The van der Waals surface area contributed by atoms with Gasteiger partial charge in [0.1, 0.15) is 0 Å². The molecule has 1 aliphatic rings. The van der Waals surface area contributed by atoms with Gasteiger partial charge < -0.3 is 0 Å². The van der Waals surface area contributed by atoms with Crippen molar-refractivity contribution in [1.82, 2.24) is 9.91 Å². The SMILES string of the molecule is C/C=N/N1CCN(CCCCc2ccc(Cl)cc2)CC1. The molecule has 0 aliphatic carbocycles. The topological polar surface area (TPSA) is 18.8 Å². The van der Waals surface area contributed by atoms with Crippen LogP contribution in [0.25, 0.3) is 0 Å². The van der Waals surface area contributed by atoms with Crippen molar-refractivity contribution in [2.45, 2.75) is 26.2 Å². The van der Waals surface area contributed by atoms with Gasteiger partial charge in [-0.25, -0.2) is 0 Å². The fourth-order valence-electron chi connectivity index (χ4n) is 2.56. The van der Waals surface area contributed by atoms with E-state index >= 15 is 0 Å². The minimum atomic E-state index is 0.821. The zero-order valence-electron chi connectivity index (χ0n) is 12.3. The van der Waals surface area contributed by atoms with E-state index in [9.17, 15) is 0 Å². The number of piperazine rings is 1. The van der Waals surface area contributed by atoms with Gasteiger partial charge in [0.2, 0.25) is 0 Å². The van der Waals surface area contributed by atoms with Crippen molar-refractivity contribution in [2.75, 3.05) is 32.7 Å². The lowest BCUT2D eigenvalue weighted by Crippen LogP contribution is -2.44. The zero-order valence-corrected chi connectivity index (χ0v) is 13.0. The lowest BCUT2D eigenvalue weighted by Gasteiger charge is -2.32. The zero-order chi connectivity index (χ0) is 14.2. The molecule has 0 aromatic heterocycles. The highest BCUT2D eigenvalue weighted by Crippen LogP contribution is 2.12. The molecule has 2 rings (SSSR count). The third-order valence-corrected chi connectivity index (χ3v) is 3.98. The molecule has 1 saturated heterocycles. The largest absolute Gasteiger partial charge is 0.300 e. The normalized spacial score (nSPS) is 17.0. The van der Waals surface area contributed by atoms with Crippen LogP contribution in [0.4, 0.5) is 0 Å². The summed E-state index contributed by atoms with van der Waals surface area (Å²) >= 11 is 5.89. The van der Waals surface area contributed by atoms with Crippen LogP contribution in [0.1, 0.15) is 25.3 Å². The van der Waals surface area contributed by atoms with Crippen LogP contribution in [0.5, 0.6) is 0 Å². The van der Waals surface area contributed by atoms with Gasteiger partial charge in [-0.15, -0.1) is 0 Å². The molecule has 0 atom stereocenters. The monoisotopic (exact) mass is 293 g/mol. The van der Waals surface area contributed by atoms with Gasteiger partial charge in [-0.1, -0.05) is 23.7 Å². The summed E-state index contributed by atoms with van der Waals surface area (Å²) in [5.74, 6) is 0. The molecule has 0 saturated carbocycles. The van der Waals surface area contributed by atoms with Crippen LogP contribution in [-0.4, -0.2) is 48.8 Å². The maximum absolute atomic E-state index is 5.89. The van der Waals surface area contributed by atoms with Gasteiger partial charge in [0.25, 0.3) is 0 Å². The van der Waals surface area contributed by atoms with E-state index < -0.39 is 0 Å². The van der Waals surface area contributed by atoms with E-state index in [1.807, 2.05) is 25.3 Å². The van der Waals surface area contributed by atoms with Crippen LogP contribution in [0.3, 0.4) is 0 Å². The summed E-state index contributed by atoms with van der Waals surface area (Å²) in [7, 11) is 0. The van der Waals surface area contributed by atoms with Gasteiger partial charge in [0.05, 0.1) is 0 Å². The molecule has 0 N–H and O–H groups in total. The molecule has 3 nitrogen and oxygen atoms in total. The first kappa shape index (κ1) is 15.3. The number of nitrogens with zero attached hydrogens (tertiary/aromatic N) is 3. The molecular weight excluding hydrogens is 270 g/mol. The highest BCUT2D eigenvalue weighted by Gasteiger charge is 2.14. The molecule has 0 unspecified atom stereocenters. The summed E-state index contributed by atoms with van der Waals surface area (Å²) in [6.45, 7) is 7.57. The summed E-state index contributed by atoms with van der Waals surface area (Å²) in [4.78, 5) is 2.55. The van der Waals surface area contributed by atoms with Gasteiger partial charge in [0.15, 0.2) is 0 Å². The summed E-state index contributed by atoms with van der Waals surface area (Å²) in [6.07, 6.45) is 5.54. The van der Waals surface area contributed by atoms with Gasteiger partial charge in [-0.3, -0.25) is 9.91 Å². The van der Waals surface area contributed by atoms with Gasteiger partial charge in [0, 0.05) is 37.4 Å². The standard InChI is InChI=1S/C16H24ClN3/c1-2-18-20-13-11-19(12-14-20)10-4-3-5-15-6-8-16(17)9-7-15/h2,6-9H,3-5,10-14H2,1H3/b18-2+. The Balaban J connectivity index is 1.59. The average molecular weight is 294 g/mol. The summed E-state index contributed by atoms with van der Waals surface area (Å²) < 4.78 is 0. The second kappa shape index (κ2) is 8.28. The Bertz CT molecular complexity index is 408. The third kappa shape index (κ3) is 5.14. The highest BCUT2D eigenvalue weighted by atomic mass is 35.5. The minimum Gasteiger partial charge on any atom is -0.300 e. The molecule has 0 bridgehead atoms. The number of hydrogen-bond acceptors (Lipinski definition) is 3. The molecule has 1 heterocycles. The van der Waals surface area contributed by atoms with Crippen LogP contribution in [0.15, 0.2) is 29.4 Å². The Morgan fingerprint density at radius 2 is 1.80 bits per heavy atom. The van der Waals surface area contributed by atoms with Crippen molar-refractivity contribution in [3.63, 3.8) is 0 Å². The van der Waals surface area contributed by atoms with Crippen LogP contribution >= 0.6 is 11.6 Å². The van der Waals surface area contributed by atoms with E-state index in [4.69, 9.17) is 11.6 Å². The summed E-state index contributed by atoms with van der Waals surface area (Å²) in [5.41, 5.74) is 1.39. The second-order valence-corrected chi connectivity index (χ2v) is 5.69. The molecule has 0 amide bonds. The average Bonchev–Trinajstić information content (AvgIpc) is 2.47. The molecule has 1 aromatic carbocycles. The van der Waals surface area contributed by atoms with Crippen LogP contribution in [0, 0.1) is 0 Å². The van der Waals surface area contributed by atoms with Crippen molar-refractivity contribution in [1.29, 1.82) is 0 Å². The Labute approximate surface area is 127 Å². The molecule has 0 radical (unpaired) electrons. The lowest BCUT2D eigenvalue weighted by molar-refractivity contribution is 0.135. The number of benzene rings is 1. The highest BCUT2D eigenvalue weighted by molar-refractivity contribution is 6.30. The van der Waals surface area contributed by atoms with Crippen LogP contribution in [0.2, 0.25) is 5.02 Å². The first-order valence-electron chi connectivity index (χ1n) is 7.48. The molecular formula is C16H24ClN3. The fraction of sp³-hybridized carbons (Fsp3) is 0.562. The number of hydrogen-bond donors (Lipinski definition) is 0.